The zero-order valence-corrected chi connectivity index (χ0v) is 11.4. The van der Waals surface area contributed by atoms with Gasteiger partial charge >= 0.3 is 0 Å². The number of rotatable bonds is 1. The fraction of sp³-hybridized carbons (Fsp3) is 0.167. The van der Waals surface area contributed by atoms with Crippen LogP contribution in [0.25, 0.3) is 0 Å². The quantitative estimate of drug-likeness (QED) is 0.625. The van der Waals surface area contributed by atoms with Gasteiger partial charge in [0.1, 0.15) is 4.32 Å². The van der Waals surface area contributed by atoms with Gasteiger partial charge in [-0.1, -0.05) is 48.8 Å². The molecule has 1 amide bonds. The maximum absolute atomic E-state index is 10.5. The van der Waals surface area contributed by atoms with Gasteiger partial charge in [-0.3, -0.25) is 4.79 Å². The van der Waals surface area contributed by atoms with Gasteiger partial charge < -0.3 is 10.2 Å². The number of hydrogen-bond donors (Lipinski definition) is 1. The van der Waals surface area contributed by atoms with Gasteiger partial charge in [0.2, 0.25) is 0 Å². The van der Waals surface area contributed by atoms with Crippen LogP contribution >= 0.6 is 24.0 Å². The predicted molar refractivity (Wildman–Crippen MR) is 78.2 cm³/mol. The molecule has 1 fully saturated rings. The lowest BCUT2D eigenvalue weighted by Gasteiger charge is -2.10. The molecule has 0 atom stereocenters. The average molecular weight is 266 g/mol. The smallest absolute Gasteiger partial charge is 0.262 e. The SMILES string of the molecule is C=C1SC(=S)NC1=O.CN(C)c1ccccc1. The van der Waals surface area contributed by atoms with Crippen molar-refractivity contribution in [3.05, 3.63) is 41.8 Å². The summed E-state index contributed by atoms with van der Waals surface area (Å²) in [6.07, 6.45) is 0. The van der Waals surface area contributed by atoms with Crippen LogP contribution in [0, 0.1) is 0 Å². The molecular weight excluding hydrogens is 252 g/mol. The summed E-state index contributed by atoms with van der Waals surface area (Å²) in [5, 5.41) is 2.42. The molecular formula is C12H14N2OS2. The Balaban J connectivity index is 0.000000171. The van der Waals surface area contributed by atoms with E-state index in [0.29, 0.717) is 9.23 Å². The average Bonchev–Trinajstić information content (AvgIpc) is 2.58. The largest absolute Gasteiger partial charge is 0.378 e. The van der Waals surface area contributed by atoms with Gasteiger partial charge in [0.05, 0.1) is 4.91 Å². The first-order valence-electron chi connectivity index (χ1n) is 4.95. The van der Waals surface area contributed by atoms with Crippen molar-refractivity contribution in [1.29, 1.82) is 0 Å². The maximum atomic E-state index is 10.5. The third-order valence-corrected chi connectivity index (χ3v) is 3.03. The molecule has 1 heterocycles. The number of amides is 1. The van der Waals surface area contributed by atoms with Crippen LogP contribution in [-0.2, 0) is 4.79 Å². The van der Waals surface area contributed by atoms with Crippen LogP contribution in [0.1, 0.15) is 0 Å². The van der Waals surface area contributed by atoms with Gasteiger partial charge in [-0.05, 0) is 12.1 Å². The fourth-order valence-corrected chi connectivity index (χ4v) is 1.98. The highest BCUT2D eigenvalue weighted by molar-refractivity contribution is 8.26. The second-order valence-corrected chi connectivity index (χ2v) is 5.27. The molecule has 1 aromatic carbocycles. The lowest BCUT2D eigenvalue weighted by atomic mass is 10.3. The highest BCUT2D eigenvalue weighted by Gasteiger charge is 2.18. The maximum Gasteiger partial charge on any atom is 0.262 e. The molecule has 0 radical (unpaired) electrons. The number of benzene rings is 1. The summed E-state index contributed by atoms with van der Waals surface area (Å²) in [5.41, 5.74) is 1.25. The molecule has 90 valence electrons. The third-order valence-electron chi connectivity index (χ3n) is 1.96. The van der Waals surface area contributed by atoms with E-state index >= 15 is 0 Å². The van der Waals surface area contributed by atoms with E-state index in [1.54, 1.807) is 0 Å². The molecule has 1 aliphatic rings. The van der Waals surface area contributed by atoms with Gasteiger partial charge in [-0.2, -0.15) is 0 Å². The zero-order valence-electron chi connectivity index (χ0n) is 9.77. The lowest BCUT2D eigenvalue weighted by Crippen LogP contribution is -2.17. The van der Waals surface area contributed by atoms with E-state index in [2.05, 4.69) is 41.1 Å². The number of nitrogens with one attached hydrogen (secondary N) is 1. The Morgan fingerprint density at radius 3 is 2.12 bits per heavy atom. The molecule has 1 N–H and O–H groups in total. The summed E-state index contributed by atoms with van der Waals surface area (Å²) in [6.45, 7) is 3.45. The fourth-order valence-electron chi connectivity index (χ4n) is 1.07. The summed E-state index contributed by atoms with van der Waals surface area (Å²) in [6, 6.07) is 10.3. The summed E-state index contributed by atoms with van der Waals surface area (Å²) in [5.74, 6) is -0.167. The monoisotopic (exact) mass is 266 g/mol. The van der Waals surface area contributed by atoms with E-state index < -0.39 is 0 Å². The molecule has 2 rings (SSSR count). The number of thiocarbonyl (C=S) groups is 1. The Bertz CT molecular complexity index is 411. The molecule has 1 saturated heterocycles. The van der Waals surface area contributed by atoms with Crippen LogP contribution < -0.4 is 10.2 Å². The van der Waals surface area contributed by atoms with E-state index in [-0.39, 0.29) is 5.91 Å². The molecule has 1 aliphatic heterocycles. The Morgan fingerprint density at radius 2 is 1.88 bits per heavy atom. The molecule has 17 heavy (non-hydrogen) atoms. The minimum Gasteiger partial charge on any atom is -0.378 e. The van der Waals surface area contributed by atoms with Gasteiger partial charge in [0, 0.05) is 19.8 Å². The summed E-state index contributed by atoms with van der Waals surface area (Å²) >= 11 is 5.85. The van der Waals surface area contributed by atoms with E-state index in [4.69, 9.17) is 0 Å². The number of anilines is 1. The molecule has 5 heteroatoms. The van der Waals surface area contributed by atoms with E-state index in [0.717, 1.165) is 0 Å². The van der Waals surface area contributed by atoms with Gasteiger partial charge in [0.25, 0.3) is 5.91 Å². The van der Waals surface area contributed by atoms with Crippen molar-refractivity contribution in [2.75, 3.05) is 19.0 Å². The molecule has 3 nitrogen and oxygen atoms in total. The first-order chi connectivity index (χ1) is 8.00. The molecule has 1 aromatic rings. The van der Waals surface area contributed by atoms with Crippen molar-refractivity contribution in [3.63, 3.8) is 0 Å². The first-order valence-corrected chi connectivity index (χ1v) is 6.17. The summed E-state index contributed by atoms with van der Waals surface area (Å²) < 4.78 is 0.500. The standard InChI is InChI=1S/C8H11N.C4H3NOS2/c1-9(2)8-6-4-3-5-7-8;1-2-3(6)5-4(7)8-2/h3-7H,1-2H3;1H2,(H,5,6,7). The Kier molecular flexibility index (Phi) is 5.18. The minimum absolute atomic E-state index is 0.167. The van der Waals surface area contributed by atoms with Crippen LogP contribution in [0.15, 0.2) is 41.8 Å². The van der Waals surface area contributed by atoms with Crippen LogP contribution in [0.4, 0.5) is 5.69 Å². The molecule has 0 unspecified atom stereocenters. The molecule has 0 aromatic heterocycles. The van der Waals surface area contributed by atoms with Crippen molar-refractivity contribution in [2.45, 2.75) is 0 Å². The number of carbonyl (C=O) groups excluding carboxylic acids is 1. The van der Waals surface area contributed by atoms with Crippen LogP contribution in [0.2, 0.25) is 0 Å². The molecule has 0 aliphatic carbocycles. The lowest BCUT2D eigenvalue weighted by molar-refractivity contribution is -0.115. The van der Waals surface area contributed by atoms with Gasteiger partial charge in [0.15, 0.2) is 0 Å². The van der Waals surface area contributed by atoms with E-state index in [1.807, 2.05) is 32.3 Å². The summed E-state index contributed by atoms with van der Waals surface area (Å²) in [7, 11) is 4.07. The first kappa shape index (κ1) is 13.7. The van der Waals surface area contributed by atoms with Crippen molar-refractivity contribution >= 4 is 39.9 Å². The van der Waals surface area contributed by atoms with E-state index in [9.17, 15) is 4.79 Å². The second-order valence-electron chi connectivity index (χ2n) is 3.50. The van der Waals surface area contributed by atoms with Crippen molar-refractivity contribution in [1.82, 2.24) is 5.32 Å². The zero-order chi connectivity index (χ0) is 12.8. The number of para-hydroxylation sites is 1. The summed E-state index contributed by atoms with van der Waals surface area (Å²) in [4.78, 5) is 13.0. The van der Waals surface area contributed by atoms with Gasteiger partial charge in [-0.15, -0.1) is 0 Å². The highest BCUT2D eigenvalue weighted by atomic mass is 32.2. The normalized spacial score (nSPS) is 13.9. The predicted octanol–water partition coefficient (Wildman–Crippen LogP) is 2.40. The number of thioether (sulfide) groups is 1. The second kappa shape index (κ2) is 6.42. The molecule has 0 bridgehead atoms. The Hall–Kier alpha value is -1.33. The van der Waals surface area contributed by atoms with E-state index in [1.165, 1.54) is 17.4 Å². The van der Waals surface area contributed by atoms with Crippen molar-refractivity contribution in [2.24, 2.45) is 0 Å². The van der Waals surface area contributed by atoms with Crippen molar-refractivity contribution < 1.29 is 4.79 Å². The number of nitrogens with zero attached hydrogens (tertiary/aromatic N) is 1. The third kappa shape index (κ3) is 4.58. The highest BCUT2D eigenvalue weighted by Crippen LogP contribution is 2.20. The number of carbonyl (C=O) groups is 1. The Labute approximate surface area is 111 Å². The Morgan fingerprint density at radius 1 is 1.29 bits per heavy atom. The van der Waals surface area contributed by atoms with Crippen LogP contribution in [0.5, 0.6) is 0 Å². The number of hydrogen-bond acceptors (Lipinski definition) is 4. The van der Waals surface area contributed by atoms with Crippen molar-refractivity contribution in [3.8, 4) is 0 Å². The topological polar surface area (TPSA) is 32.3 Å². The molecule has 0 spiro atoms. The minimum atomic E-state index is -0.167. The van der Waals surface area contributed by atoms with Crippen LogP contribution in [0.3, 0.4) is 0 Å². The molecule has 0 saturated carbocycles. The van der Waals surface area contributed by atoms with Crippen LogP contribution in [-0.4, -0.2) is 24.3 Å². The van der Waals surface area contributed by atoms with Gasteiger partial charge in [-0.25, -0.2) is 0 Å².